The highest BCUT2D eigenvalue weighted by molar-refractivity contribution is 8.26. The van der Waals surface area contributed by atoms with Crippen molar-refractivity contribution in [3.8, 4) is 5.75 Å². The summed E-state index contributed by atoms with van der Waals surface area (Å²) < 4.78 is 11.6. The van der Waals surface area contributed by atoms with Gasteiger partial charge in [0.05, 0.1) is 18.1 Å². The quantitative estimate of drug-likeness (QED) is 0.460. The third-order valence-electron chi connectivity index (χ3n) is 4.02. The molecule has 2 aliphatic heterocycles. The van der Waals surface area contributed by atoms with E-state index in [1.807, 2.05) is 30.3 Å². The number of rotatable bonds is 6. The molecule has 0 bridgehead atoms. The summed E-state index contributed by atoms with van der Waals surface area (Å²) in [4.78, 5) is 16.4. The Hall–Kier alpha value is -1.67. The van der Waals surface area contributed by atoms with E-state index in [4.69, 9.17) is 21.7 Å². The molecular formula is C18H21N2O3S2+. The number of carbonyl (C=O) groups is 1. The number of hydrogen-bond donors (Lipinski definition) is 1. The minimum atomic E-state index is -0.0347. The van der Waals surface area contributed by atoms with Crippen LogP contribution >= 0.6 is 24.0 Å². The normalized spacial score (nSPS) is 20.3. The fourth-order valence-electron chi connectivity index (χ4n) is 2.70. The average molecular weight is 378 g/mol. The highest BCUT2D eigenvalue weighted by Crippen LogP contribution is 2.33. The van der Waals surface area contributed by atoms with E-state index in [-0.39, 0.29) is 5.91 Å². The van der Waals surface area contributed by atoms with Crippen molar-refractivity contribution in [3.05, 3.63) is 47.4 Å². The minimum absolute atomic E-state index is 0.0347. The number of ether oxygens (including phenoxy) is 2. The predicted octanol–water partition coefficient (Wildman–Crippen LogP) is 1.33. The Labute approximate surface area is 157 Å². The second kappa shape index (κ2) is 8.62. The van der Waals surface area contributed by atoms with E-state index in [1.165, 1.54) is 16.7 Å². The van der Waals surface area contributed by atoms with Crippen molar-refractivity contribution in [2.24, 2.45) is 0 Å². The number of para-hydroxylation sites is 1. The maximum Gasteiger partial charge on any atom is 0.270 e. The number of carbonyl (C=O) groups excluding carboxylic acids is 1. The number of benzene rings is 1. The van der Waals surface area contributed by atoms with Gasteiger partial charge in [-0.1, -0.05) is 54.8 Å². The van der Waals surface area contributed by atoms with Crippen molar-refractivity contribution < 1.29 is 19.2 Å². The van der Waals surface area contributed by atoms with Crippen LogP contribution in [0.3, 0.4) is 0 Å². The van der Waals surface area contributed by atoms with Crippen LogP contribution in [0, 0.1) is 0 Å². The zero-order chi connectivity index (χ0) is 17.6. The molecule has 0 unspecified atom stereocenters. The Morgan fingerprint density at radius 1 is 1.36 bits per heavy atom. The van der Waals surface area contributed by atoms with E-state index in [0.29, 0.717) is 22.5 Å². The second-order valence-corrected chi connectivity index (χ2v) is 7.44. The number of quaternary nitrogens is 1. The van der Waals surface area contributed by atoms with Gasteiger partial charge in [0, 0.05) is 5.56 Å². The van der Waals surface area contributed by atoms with Gasteiger partial charge in [-0.05, 0) is 12.1 Å². The topological polar surface area (TPSA) is 43.2 Å². The molecule has 7 heteroatoms. The number of nitrogens with zero attached hydrogens (tertiary/aromatic N) is 1. The number of amides is 1. The number of nitrogens with one attached hydrogen (secondary N) is 1. The molecule has 1 aromatic carbocycles. The van der Waals surface area contributed by atoms with E-state index in [2.05, 4.69) is 6.58 Å². The van der Waals surface area contributed by atoms with E-state index < -0.39 is 0 Å². The van der Waals surface area contributed by atoms with Crippen molar-refractivity contribution in [2.75, 3.05) is 39.6 Å². The van der Waals surface area contributed by atoms with Gasteiger partial charge >= 0.3 is 0 Å². The van der Waals surface area contributed by atoms with Gasteiger partial charge in [-0.2, -0.15) is 0 Å². The van der Waals surface area contributed by atoms with E-state index >= 15 is 0 Å². The molecule has 132 valence electrons. The summed E-state index contributed by atoms with van der Waals surface area (Å²) in [5.41, 5.74) is 0.864. The molecule has 1 N–H and O–H groups in total. The first-order chi connectivity index (χ1) is 12.2. The average Bonchev–Trinajstić information content (AvgIpc) is 2.89. The van der Waals surface area contributed by atoms with Crippen LogP contribution in [0.15, 0.2) is 41.8 Å². The summed E-state index contributed by atoms with van der Waals surface area (Å²) in [7, 11) is 0. The number of thioether (sulfide) groups is 1. The minimum Gasteiger partial charge on any atom is -0.489 e. The van der Waals surface area contributed by atoms with Crippen LogP contribution in [0.25, 0.3) is 6.08 Å². The molecule has 0 atom stereocenters. The molecule has 3 rings (SSSR count). The molecule has 5 nitrogen and oxygen atoms in total. The molecule has 2 aliphatic rings. The van der Waals surface area contributed by atoms with Crippen molar-refractivity contribution in [1.29, 1.82) is 0 Å². The standard InChI is InChI=1S/C18H20N2O3S2/c1-2-9-23-15-6-4-3-5-14(15)12-16-17(21)20(18(24)25-16)13-19-7-10-22-11-8-19/h2-6,12H,1,7-11,13H2/p+1/b16-12+. The van der Waals surface area contributed by atoms with Gasteiger partial charge in [0.2, 0.25) is 0 Å². The van der Waals surface area contributed by atoms with Gasteiger partial charge in [0.1, 0.15) is 25.4 Å². The zero-order valence-electron chi connectivity index (χ0n) is 13.9. The molecule has 2 saturated heterocycles. The monoisotopic (exact) mass is 377 g/mol. The van der Waals surface area contributed by atoms with Gasteiger partial charge in [0.15, 0.2) is 11.0 Å². The SMILES string of the molecule is C=CCOc1ccccc1/C=C1/SC(=S)N(C[NH+]2CCOCC2)C1=O. The van der Waals surface area contributed by atoms with E-state index in [1.54, 1.807) is 11.0 Å². The van der Waals surface area contributed by atoms with E-state index in [0.717, 1.165) is 37.6 Å². The molecule has 1 aromatic rings. The highest BCUT2D eigenvalue weighted by atomic mass is 32.2. The molecule has 1 amide bonds. The van der Waals surface area contributed by atoms with Gasteiger partial charge in [0.25, 0.3) is 5.91 Å². The number of hydrogen-bond acceptors (Lipinski definition) is 5. The lowest BCUT2D eigenvalue weighted by Crippen LogP contribution is -3.15. The van der Waals surface area contributed by atoms with Crippen LogP contribution in [0.5, 0.6) is 5.75 Å². The first-order valence-corrected chi connectivity index (χ1v) is 9.41. The lowest BCUT2D eigenvalue weighted by atomic mass is 10.2. The molecule has 0 spiro atoms. The fourth-order valence-corrected chi connectivity index (χ4v) is 3.95. The third-order valence-corrected chi connectivity index (χ3v) is 5.40. The molecule has 2 fully saturated rings. The molecule has 0 aromatic heterocycles. The Bertz CT molecular complexity index is 699. The second-order valence-electron chi connectivity index (χ2n) is 5.77. The van der Waals surface area contributed by atoms with Crippen LogP contribution in [-0.4, -0.2) is 54.7 Å². The van der Waals surface area contributed by atoms with Crippen LogP contribution in [0.2, 0.25) is 0 Å². The van der Waals surface area contributed by atoms with Gasteiger partial charge in [-0.25, -0.2) is 4.90 Å². The summed E-state index contributed by atoms with van der Waals surface area (Å²) in [5.74, 6) is 0.694. The molecule has 0 aliphatic carbocycles. The Morgan fingerprint density at radius 2 is 2.12 bits per heavy atom. The van der Waals surface area contributed by atoms with Gasteiger partial charge < -0.3 is 14.4 Å². The maximum absolute atomic E-state index is 12.8. The van der Waals surface area contributed by atoms with E-state index in [9.17, 15) is 4.79 Å². The fraction of sp³-hybridized carbons (Fsp3) is 0.333. The van der Waals surface area contributed by atoms with Crippen LogP contribution in [-0.2, 0) is 9.53 Å². The van der Waals surface area contributed by atoms with Crippen LogP contribution < -0.4 is 9.64 Å². The molecule has 0 radical (unpaired) electrons. The smallest absolute Gasteiger partial charge is 0.270 e. The Morgan fingerprint density at radius 3 is 2.88 bits per heavy atom. The number of morpholine rings is 1. The number of thiocarbonyl (C=S) groups is 1. The summed E-state index contributed by atoms with van der Waals surface area (Å²) in [5, 5.41) is 0. The Kier molecular flexibility index (Phi) is 6.25. The van der Waals surface area contributed by atoms with Gasteiger partial charge in [-0.15, -0.1) is 0 Å². The van der Waals surface area contributed by atoms with Crippen molar-refractivity contribution in [2.45, 2.75) is 0 Å². The molecule has 25 heavy (non-hydrogen) atoms. The highest BCUT2D eigenvalue weighted by Gasteiger charge is 2.35. The van der Waals surface area contributed by atoms with Crippen LogP contribution in [0.1, 0.15) is 5.56 Å². The lowest BCUT2D eigenvalue weighted by Gasteiger charge is -2.27. The van der Waals surface area contributed by atoms with Crippen molar-refractivity contribution in [1.82, 2.24) is 4.90 Å². The third kappa shape index (κ3) is 4.49. The Balaban J connectivity index is 1.75. The van der Waals surface area contributed by atoms with Crippen molar-refractivity contribution >= 4 is 40.3 Å². The summed E-state index contributed by atoms with van der Waals surface area (Å²) in [6.07, 6.45) is 3.55. The molecule has 0 saturated carbocycles. The summed E-state index contributed by atoms with van der Waals surface area (Å²) >= 11 is 6.77. The summed E-state index contributed by atoms with van der Waals surface area (Å²) in [6.45, 7) is 7.94. The molecular weight excluding hydrogens is 356 g/mol. The lowest BCUT2D eigenvalue weighted by molar-refractivity contribution is -0.914. The molecule has 2 heterocycles. The first-order valence-electron chi connectivity index (χ1n) is 8.18. The maximum atomic E-state index is 12.8. The zero-order valence-corrected chi connectivity index (χ0v) is 15.5. The first kappa shape index (κ1) is 18.1. The summed E-state index contributed by atoms with van der Waals surface area (Å²) in [6, 6.07) is 7.64. The van der Waals surface area contributed by atoms with Gasteiger partial charge in [-0.3, -0.25) is 4.79 Å². The van der Waals surface area contributed by atoms with Crippen LogP contribution in [0.4, 0.5) is 0 Å². The predicted molar refractivity (Wildman–Crippen MR) is 104 cm³/mol. The van der Waals surface area contributed by atoms with Crippen molar-refractivity contribution in [3.63, 3.8) is 0 Å². The largest absolute Gasteiger partial charge is 0.489 e.